The Morgan fingerprint density at radius 2 is 2.24 bits per heavy atom. The average Bonchev–Trinajstić information content (AvgIpc) is 2.72. The number of amides is 1. The minimum Gasteiger partial charge on any atom is -0.466 e. The van der Waals surface area contributed by atoms with Crippen molar-refractivity contribution in [3.05, 3.63) is 0 Å². The molecule has 17 heavy (non-hydrogen) atoms. The maximum absolute atomic E-state index is 11.4. The van der Waals surface area contributed by atoms with Crippen LogP contribution in [0.5, 0.6) is 0 Å². The average molecular weight is 245 g/mol. The van der Waals surface area contributed by atoms with Crippen molar-refractivity contribution in [2.45, 2.75) is 31.8 Å². The smallest absolute Gasteiger partial charge is 0.306 e. The molecule has 0 radical (unpaired) electrons. The van der Waals surface area contributed by atoms with Crippen molar-refractivity contribution in [3.63, 3.8) is 0 Å². The van der Waals surface area contributed by atoms with E-state index in [-0.39, 0.29) is 37.9 Å². The predicted molar refractivity (Wildman–Crippen MR) is 59.3 cm³/mol. The van der Waals surface area contributed by atoms with E-state index in [1.54, 1.807) is 6.92 Å². The quantitative estimate of drug-likeness (QED) is 0.622. The fraction of sp³-hybridized carbons (Fsp3) is 0.818. The van der Waals surface area contributed by atoms with Crippen molar-refractivity contribution in [3.8, 4) is 0 Å². The zero-order valence-electron chi connectivity index (χ0n) is 10.0. The summed E-state index contributed by atoms with van der Waals surface area (Å²) in [6.07, 6.45) is 0.662. The van der Waals surface area contributed by atoms with E-state index in [1.807, 2.05) is 0 Å². The standard InChI is InChI=1S/C11H19NO5/c1-2-17-10(14)4-3-9(13)12-7-11(15)5-6-16-8-11/h15H,2-8H2,1H3,(H,12,13). The lowest BCUT2D eigenvalue weighted by atomic mass is 10.0. The van der Waals surface area contributed by atoms with Crippen LogP contribution in [-0.4, -0.2) is 48.9 Å². The molecule has 1 heterocycles. The van der Waals surface area contributed by atoms with E-state index in [0.717, 1.165) is 0 Å². The van der Waals surface area contributed by atoms with Gasteiger partial charge in [0.15, 0.2) is 0 Å². The van der Waals surface area contributed by atoms with Crippen molar-refractivity contribution >= 4 is 11.9 Å². The number of hydrogen-bond acceptors (Lipinski definition) is 5. The first-order valence-corrected chi connectivity index (χ1v) is 5.78. The molecule has 6 nitrogen and oxygen atoms in total. The number of rotatable bonds is 6. The molecular formula is C11H19NO5. The molecule has 1 atom stereocenters. The molecule has 1 aliphatic heterocycles. The highest BCUT2D eigenvalue weighted by Gasteiger charge is 2.32. The normalized spacial score (nSPS) is 23.4. The summed E-state index contributed by atoms with van der Waals surface area (Å²) in [5, 5.41) is 12.5. The maximum Gasteiger partial charge on any atom is 0.306 e. The molecule has 1 aliphatic rings. The second-order valence-corrected chi connectivity index (χ2v) is 4.11. The SMILES string of the molecule is CCOC(=O)CCC(=O)NCC1(O)CCOC1. The summed E-state index contributed by atoms with van der Waals surface area (Å²) >= 11 is 0. The fourth-order valence-electron chi connectivity index (χ4n) is 1.54. The topological polar surface area (TPSA) is 84.9 Å². The number of aliphatic hydroxyl groups is 1. The monoisotopic (exact) mass is 245 g/mol. The van der Waals surface area contributed by atoms with Gasteiger partial charge in [0, 0.05) is 26.0 Å². The van der Waals surface area contributed by atoms with Gasteiger partial charge in [0.2, 0.25) is 5.91 Å². The van der Waals surface area contributed by atoms with E-state index in [1.165, 1.54) is 0 Å². The van der Waals surface area contributed by atoms with Crippen LogP contribution in [0.3, 0.4) is 0 Å². The van der Waals surface area contributed by atoms with Gasteiger partial charge in [-0.05, 0) is 6.92 Å². The molecule has 0 aromatic carbocycles. The van der Waals surface area contributed by atoms with Crippen LogP contribution in [-0.2, 0) is 19.1 Å². The summed E-state index contributed by atoms with van der Waals surface area (Å²) in [5.41, 5.74) is -0.959. The summed E-state index contributed by atoms with van der Waals surface area (Å²) in [7, 11) is 0. The van der Waals surface area contributed by atoms with Gasteiger partial charge in [-0.2, -0.15) is 0 Å². The lowest BCUT2D eigenvalue weighted by Gasteiger charge is -2.20. The first-order valence-electron chi connectivity index (χ1n) is 5.78. The van der Waals surface area contributed by atoms with Crippen LogP contribution >= 0.6 is 0 Å². The molecule has 6 heteroatoms. The Labute approximate surface area is 100 Å². The highest BCUT2D eigenvalue weighted by Crippen LogP contribution is 2.16. The summed E-state index contributed by atoms with van der Waals surface area (Å²) < 4.78 is 9.75. The molecule has 1 amide bonds. The van der Waals surface area contributed by atoms with E-state index in [0.29, 0.717) is 19.6 Å². The third-order valence-corrected chi connectivity index (χ3v) is 2.56. The Kier molecular flexibility index (Phi) is 5.37. The lowest BCUT2D eigenvalue weighted by molar-refractivity contribution is -0.144. The first-order chi connectivity index (χ1) is 8.06. The van der Waals surface area contributed by atoms with Gasteiger partial charge in [-0.1, -0.05) is 0 Å². The van der Waals surface area contributed by atoms with Gasteiger partial charge in [-0.15, -0.1) is 0 Å². The fourth-order valence-corrected chi connectivity index (χ4v) is 1.54. The van der Waals surface area contributed by atoms with Gasteiger partial charge in [0.1, 0.15) is 5.60 Å². The number of carbonyl (C=O) groups is 2. The Bertz CT molecular complexity index is 273. The molecule has 1 unspecified atom stereocenters. The van der Waals surface area contributed by atoms with E-state index in [2.05, 4.69) is 5.32 Å². The third kappa shape index (κ3) is 5.14. The number of carbonyl (C=O) groups excluding carboxylic acids is 2. The predicted octanol–water partition coefficient (Wildman–Crippen LogP) is -0.403. The summed E-state index contributed by atoms with van der Waals surface area (Å²) in [6, 6.07) is 0. The molecule has 0 saturated carbocycles. The van der Waals surface area contributed by atoms with Gasteiger partial charge < -0.3 is 19.9 Å². The lowest BCUT2D eigenvalue weighted by Crippen LogP contribution is -2.43. The third-order valence-electron chi connectivity index (χ3n) is 2.56. The Hall–Kier alpha value is -1.14. The zero-order valence-corrected chi connectivity index (χ0v) is 10.0. The van der Waals surface area contributed by atoms with Crippen molar-refractivity contribution in [2.75, 3.05) is 26.4 Å². The summed E-state index contributed by atoms with van der Waals surface area (Å²) in [6.45, 7) is 2.94. The number of ether oxygens (including phenoxy) is 2. The Morgan fingerprint density at radius 3 is 2.82 bits per heavy atom. The van der Waals surface area contributed by atoms with Crippen LogP contribution < -0.4 is 5.32 Å². The van der Waals surface area contributed by atoms with E-state index in [9.17, 15) is 14.7 Å². The van der Waals surface area contributed by atoms with E-state index >= 15 is 0 Å². The Balaban J connectivity index is 2.14. The highest BCUT2D eigenvalue weighted by atomic mass is 16.5. The van der Waals surface area contributed by atoms with Crippen molar-refractivity contribution in [1.82, 2.24) is 5.32 Å². The second-order valence-electron chi connectivity index (χ2n) is 4.11. The van der Waals surface area contributed by atoms with E-state index < -0.39 is 5.60 Å². The summed E-state index contributed by atoms with van der Waals surface area (Å²) in [5.74, 6) is -0.649. The summed E-state index contributed by atoms with van der Waals surface area (Å²) in [4.78, 5) is 22.4. The van der Waals surface area contributed by atoms with Gasteiger partial charge in [0.05, 0.1) is 19.6 Å². The molecule has 1 rings (SSSR count). The molecule has 0 spiro atoms. The molecule has 98 valence electrons. The molecule has 2 N–H and O–H groups in total. The molecule has 0 aliphatic carbocycles. The van der Waals surface area contributed by atoms with Crippen molar-refractivity contribution < 1.29 is 24.2 Å². The number of esters is 1. The van der Waals surface area contributed by atoms with Crippen molar-refractivity contribution in [1.29, 1.82) is 0 Å². The van der Waals surface area contributed by atoms with Gasteiger partial charge >= 0.3 is 5.97 Å². The minimum absolute atomic E-state index is 0.0641. The van der Waals surface area contributed by atoms with Crippen LogP contribution in [0.2, 0.25) is 0 Å². The first kappa shape index (κ1) is 13.9. The maximum atomic E-state index is 11.4. The van der Waals surface area contributed by atoms with Gasteiger partial charge in [0.25, 0.3) is 0 Å². The largest absolute Gasteiger partial charge is 0.466 e. The zero-order chi connectivity index (χ0) is 12.7. The van der Waals surface area contributed by atoms with Gasteiger partial charge in [-0.25, -0.2) is 0 Å². The molecular weight excluding hydrogens is 226 g/mol. The van der Waals surface area contributed by atoms with E-state index in [4.69, 9.17) is 9.47 Å². The highest BCUT2D eigenvalue weighted by molar-refractivity contribution is 5.81. The Morgan fingerprint density at radius 1 is 1.47 bits per heavy atom. The number of hydrogen-bond donors (Lipinski definition) is 2. The van der Waals surface area contributed by atoms with Crippen molar-refractivity contribution in [2.24, 2.45) is 0 Å². The molecule has 1 saturated heterocycles. The van der Waals surface area contributed by atoms with Crippen LogP contribution in [0.1, 0.15) is 26.2 Å². The van der Waals surface area contributed by atoms with Crippen LogP contribution in [0, 0.1) is 0 Å². The molecule has 0 bridgehead atoms. The van der Waals surface area contributed by atoms with Gasteiger partial charge in [-0.3, -0.25) is 9.59 Å². The minimum atomic E-state index is -0.959. The van der Waals surface area contributed by atoms with Crippen LogP contribution in [0.25, 0.3) is 0 Å². The molecule has 0 aromatic heterocycles. The molecule has 1 fully saturated rings. The second kappa shape index (κ2) is 6.56. The van der Waals surface area contributed by atoms with Crippen LogP contribution in [0.4, 0.5) is 0 Å². The molecule has 0 aromatic rings. The van der Waals surface area contributed by atoms with Crippen LogP contribution in [0.15, 0.2) is 0 Å². The number of nitrogens with one attached hydrogen (secondary N) is 1.